The normalized spacial score (nSPS) is 14.1. The molecule has 2 aromatic heterocycles. The minimum atomic E-state index is -0.123. The van der Waals surface area contributed by atoms with Gasteiger partial charge in [0.1, 0.15) is 0 Å². The number of hydrogen-bond donors (Lipinski definition) is 0. The first-order chi connectivity index (χ1) is 28.2. The zero-order valence-electron chi connectivity index (χ0n) is 33.0. The predicted molar refractivity (Wildman–Crippen MR) is 237 cm³/mol. The Balaban J connectivity index is 1.05. The molecule has 0 radical (unpaired) electrons. The van der Waals surface area contributed by atoms with E-state index in [0.29, 0.717) is 11.6 Å². The van der Waals surface area contributed by atoms with Gasteiger partial charge in [-0.3, -0.25) is 0 Å². The van der Waals surface area contributed by atoms with Gasteiger partial charge in [0.05, 0.1) is 22.6 Å². The summed E-state index contributed by atoms with van der Waals surface area (Å²) in [5, 5.41) is 1.03. The van der Waals surface area contributed by atoms with Crippen LogP contribution in [0.3, 0.4) is 0 Å². The van der Waals surface area contributed by atoms with E-state index in [0.717, 1.165) is 55.8 Å². The van der Waals surface area contributed by atoms with Gasteiger partial charge in [0, 0.05) is 44.0 Å². The first-order valence-corrected chi connectivity index (χ1v) is 20.1. The van der Waals surface area contributed by atoms with Crippen LogP contribution < -0.4 is 0 Å². The van der Waals surface area contributed by atoms with Gasteiger partial charge in [-0.1, -0.05) is 173 Å². The second-order valence-corrected chi connectivity index (χ2v) is 16.7. The van der Waals surface area contributed by atoms with Gasteiger partial charge in [-0.15, -0.1) is 0 Å². The summed E-state index contributed by atoms with van der Waals surface area (Å²) in [6, 6.07) is 60.4. The molecule has 0 bridgehead atoms. The van der Waals surface area contributed by atoms with Crippen molar-refractivity contribution in [1.82, 2.24) is 19.9 Å². The van der Waals surface area contributed by atoms with Crippen LogP contribution in [0.5, 0.6) is 0 Å². The molecule has 0 fully saturated rings. The van der Waals surface area contributed by atoms with Crippen LogP contribution in [0.25, 0.3) is 89.7 Å². The minimum absolute atomic E-state index is 0.0779. The number of para-hydroxylation sites is 1. The first kappa shape index (κ1) is 34.2. The standard InChI is InChI=1S/C54H40N4/c1-53(2)44-20-12-9-17-39(44)42-30-37(27-29-45(42)53)52-56-48(32-49(57-52)36-26-28-40-38-16-8-11-19-43(38)54(3,4)46(40)31-36)33-22-24-35(25-23-33)51-55-47-21-13-10-18-41(47)50(58-51)34-14-6-5-7-15-34/h5-32H,1-4H3. The summed E-state index contributed by atoms with van der Waals surface area (Å²) in [5.74, 6) is 1.39. The van der Waals surface area contributed by atoms with Gasteiger partial charge in [0.2, 0.25) is 0 Å². The highest BCUT2D eigenvalue weighted by Crippen LogP contribution is 2.51. The maximum Gasteiger partial charge on any atom is 0.160 e. The van der Waals surface area contributed by atoms with E-state index in [1.54, 1.807) is 0 Å². The molecular weight excluding hydrogens is 705 g/mol. The van der Waals surface area contributed by atoms with Crippen LogP contribution >= 0.6 is 0 Å². The van der Waals surface area contributed by atoms with Crippen molar-refractivity contribution in [2.75, 3.05) is 0 Å². The highest BCUT2D eigenvalue weighted by atomic mass is 14.9. The van der Waals surface area contributed by atoms with E-state index >= 15 is 0 Å². The average Bonchev–Trinajstić information content (AvgIpc) is 3.65. The molecule has 4 nitrogen and oxygen atoms in total. The van der Waals surface area contributed by atoms with Crippen LogP contribution in [0.1, 0.15) is 49.9 Å². The number of rotatable bonds is 5. The monoisotopic (exact) mass is 744 g/mol. The molecule has 0 aliphatic heterocycles. The number of fused-ring (bicyclic) bond motifs is 7. The Labute approximate surface area is 339 Å². The fourth-order valence-electron chi connectivity index (χ4n) is 9.41. The first-order valence-electron chi connectivity index (χ1n) is 20.1. The van der Waals surface area contributed by atoms with Crippen LogP contribution in [-0.4, -0.2) is 19.9 Å². The van der Waals surface area contributed by atoms with Gasteiger partial charge in [0.15, 0.2) is 11.6 Å². The highest BCUT2D eigenvalue weighted by Gasteiger charge is 2.36. The van der Waals surface area contributed by atoms with E-state index in [1.165, 1.54) is 44.5 Å². The minimum Gasteiger partial charge on any atom is -0.228 e. The van der Waals surface area contributed by atoms with E-state index in [4.69, 9.17) is 19.9 Å². The Hall–Kier alpha value is -7.04. The van der Waals surface area contributed by atoms with Gasteiger partial charge in [0.25, 0.3) is 0 Å². The van der Waals surface area contributed by atoms with Gasteiger partial charge in [-0.05, 0) is 68.8 Å². The predicted octanol–water partition coefficient (Wildman–Crippen LogP) is 13.4. The lowest BCUT2D eigenvalue weighted by atomic mass is 9.82. The van der Waals surface area contributed by atoms with Gasteiger partial charge < -0.3 is 0 Å². The molecule has 7 aromatic carbocycles. The molecule has 0 unspecified atom stereocenters. The summed E-state index contributed by atoms with van der Waals surface area (Å²) in [7, 11) is 0. The summed E-state index contributed by atoms with van der Waals surface area (Å²) < 4.78 is 0. The Bertz CT molecular complexity index is 3100. The summed E-state index contributed by atoms with van der Waals surface area (Å²) in [4.78, 5) is 20.8. The van der Waals surface area contributed by atoms with Crippen molar-refractivity contribution in [2.24, 2.45) is 0 Å². The second kappa shape index (κ2) is 12.7. The molecule has 0 saturated carbocycles. The topological polar surface area (TPSA) is 51.6 Å². The van der Waals surface area contributed by atoms with Gasteiger partial charge in [-0.25, -0.2) is 19.9 Å². The zero-order valence-corrected chi connectivity index (χ0v) is 33.0. The lowest BCUT2D eigenvalue weighted by molar-refractivity contribution is 0.660. The van der Waals surface area contributed by atoms with Gasteiger partial charge >= 0.3 is 0 Å². The van der Waals surface area contributed by atoms with E-state index in [9.17, 15) is 0 Å². The van der Waals surface area contributed by atoms with E-state index in [1.807, 2.05) is 18.2 Å². The molecule has 0 atom stereocenters. The number of aromatic nitrogens is 4. The number of hydrogen-bond acceptors (Lipinski definition) is 4. The third-order valence-electron chi connectivity index (χ3n) is 12.5. The number of nitrogens with zero attached hydrogens (tertiary/aromatic N) is 4. The van der Waals surface area contributed by atoms with Crippen molar-refractivity contribution in [1.29, 1.82) is 0 Å². The fourth-order valence-corrected chi connectivity index (χ4v) is 9.41. The summed E-state index contributed by atoms with van der Waals surface area (Å²) >= 11 is 0. The molecular formula is C54H40N4. The van der Waals surface area contributed by atoms with Crippen molar-refractivity contribution in [3.8, 4) is 78.8 Å². The highest BCUT2D eigenvalue weighted by molar-refractivity contribution is 5.94. The quantitative estimate of drug-likeness (QED) is 0.176. The van der Waals surface area contributed by atoms with Crippen molar-refractivity contribution in [2.45, 2.75) is 38.5 Å². The molecule has 58 heavy (non-hydrogen) atoms. The molecule has 0 N–H and O–H groups in total. The Morgan fingerprint density at radius 1 is 0.328 bits per heavy atom. The third-order valence-corrected chi connectivity index (χ3v) is 12.5. The summed E-state index contributed by atoms with van der Waals surface area (Å²) in [6.45, 7) is 9.28. The van der Waals surface area contributed by atoms with Crippen LogP contribution in [0.15, 0.2) is 170 Å². The Morgan fingerprint density at radius 2 is 0.862 bits per heavy atom. The molecule has 0 spiro atoms. The Morgan fingerprint density at radius 3 is 1.62 bits per heavy atom. The maximum absolute atomic E-state index is 5.34. The van der Waals surface area contributed by atoms with Crippen LogP contribution in [-0.2, 0) is 10.8 Å². The summed E-state index contributed by atoms with van der Waals surface area (Å²) in [6.07, 6.45) is 0. The molecule has 2 heterocycles. The molecule has 9 aromatic rings. The molecule has 0 amide bonds. The average molecular weight is 745 g/mol. The molecule has 2 aliphatic rings. The second-order valence-electron chi connectivity index (χ2n) is 16.7. The smallest absolute Gasteiger partial charge is 0.160 e. The molecule has 2 aliphatic carbocycles. The van der Waals surface area contributed by atoms with Crippen molar-refractivity contribution >= 4 is 10.9 Å². The van der Waals surface area contributed by atoms with Crippen molar-refractivity contribution in [3.63, 3.8) is 0 Å². The molecule has 276 valence electrons. The lowest BCUT2D eigenvalue weighted by Gasteiger charge is -2.22. The third kappa shape index (κ3) is 5.29. The SMILES string of the molecule is CC1(C)c2ccccc2-c2cc(-c3nc(-c4ccc(-c5nc(-c6ccccc6)c6ccccc6n5)cc4)cc(-c4ccc5c(c4)C(C)(C)c4ccccc4-5)n3)ccc21. The fraction of sp³-hybridized carbons (Fsp3) is 0.111. The largest absolute Gasteiger partial charge is 0.228 e. The molecule has 0 saturated heterocycles. The zero-order chi connectivity index (χ0) is 39.2. The van der Waals surface area contributed by atoms with Crippen LogP contribution in [0.2, 0.25) is 0 Å². The van der Waals surface area contributed by atoms with Crippen molar-refractivity contribution in [3.05, 3.63) is 192 Å². The molecule has 4 heteroatoms. The van der Waals surface area contributed by atoms with E-state index in [-0.39, 0.29) is 10.8 Å². The van der Waals surface area contributed by atoms with Crippen molar-refractivity contribution < 1.29 is 0 Å². The van der Waals surface area contributed by atoms with Gasteiger partial charge in [-0.2, -0.15) is 0 Å². The lowest BCUT2D eigenvalue weighted by Crippen LogP contribution is -2.15. The van der Waals surface area contributed by atoms with Crippen LogP contribution in [0.4, 0.5) is 0 Å². The van der Waals surface area contributed by atoms with E-state index in [2.05, 4.69) is 179 Å². The number of benzene rings is 7. The summed E-state index contributed by atoms with van der Waals surface area (Å²) in [5.41, 5.74) is 19.0. The van der Waals surface area contributed by atoms with E-state index < -0.39 is 0 Å². The molecule has 11 rings (SSSR count). The maximum atomic E-state index is 5.34. The van der Waals surface area contributed by atoms with Crippen LogP contribution in [0, 0.1) is 0 Å². The Kier molecular flexibility index (Phi) is 7.52.